The predicted molar refractivity (Wildman–Crippen MR) is 124 cm³/mol. The second-order valence-corrected chi connectivity index (χ2v) is 10.4. The first-order chi connectivity index (χ1) is 15.0. The fourth-order valence-electron chi connectivity index (χ4n) is 4.94. The van der Waals surface area contributed by atoms with Gasteiger partial charge in [0.1, 0.15) is 0 Å². The van der Waals surface area contributed by atoms with Gasteiger partial charge in [0.15, 0.2) is 20.9 Å². The SMILES string of the molecule is O=C(NC1CCC(CC2CCC(NC(=O)c3ccc(Br)o3)CC2)CC1)c1ccc(Br)o1. The van der Waals surface area contributed by atoms with Gasteiger partial charge in [0.2, 0.25) is 0 Å². The third-order valence-electron chi connectivity index (χ3n) is 6.62. The van der Waals surface area contributed by atoms with Crippen LogP contribution in [0.1, 0.15) is 78.9 Å². The van der Waals surface area contributed by atoms with E-state index in [0.717, 1.165) is 63.2 Å². The number of halogens is 2. The average molecular weight is 556 g/mol. The van der Waals surface area contributed by atoms with Crippen LogP contribution in [0.3, 0.4) is 0 Å². The van der Waals surface area contributed by atoms with Gasteiger partial charge in [0, 0.05) is 12.1 Å². The molecule has 2 aromatic rings. The Bertz CT molecular complexity index is 821. The largest absolute Gasteiger partial charge is 0.444 e. The molecule has 0 radical (unpaired) electrons. The Morgan fingerprint density at radius 2 is 1.10 bits per heavy atom. The van der Waals surface area contributed by atoms with E-state index in [0.29, 0.717) is 20.9 Å². The van der Waals surface area contributed by atoms with E-state index in [4.69, 9.17) is 8.83 Å². The summed E-state index contributed by atoms with van der Waals surface area (Å²) in [4.78, 5) is 24.5. The molecule has 168 valence electrons. The lowest BCUT2D eigenvalue weighted by atomic mass is 9.75. The van der Waals surface area contributed by atoms with Crippen LogP contribution in [-0.2, 0) is 0 Å². The number of hydrogen-bond donors (Lipinski definition) is 2. The second kappa shape index (κ2) is 10.4. The zero-order valence-corrected chi connectivity index (χ0v) is 20.5. The lowest BCUT2D eigenvalue weighted by Crippen LogP contribution is -2.39. The highest BCUT2D eigenvalue weighted by Gasteiger charge is 2.29. The van der Waals surface area contributed by atoms with E-state index in [1.165, 1.54) is 6.42 Å². The Labute approximate surface area is 199 Å². The third-order valence-corrected chi connectivity index (χ3v) is 7.48. The molecule has 2 amide bonds. The number of rotatable bonds is 6. The number of amides is 2. The molecule has 0 bridgehead atoms. The van der Waals surface area contributed by atoms with Gasteiger partial charge in [-0.15, -0.1) is 0 Å². The molecule has 4 rings (SSSR count). The van der Waals surface area contributed by atoms with Crippen LogP contribution in [0, 0.1) is 11.8 Å². The van der Waals surface area contributed by atoms with Gasteiger partial charge in [-0.1, -0.05) is 0 Å². The summed E-state index contributed by atoms with van der Waals surface area (Å²) in [5, 5.41) is 6.21. The predicted octanol–water partition coefficient (Wildman–Crippen LogP) is 6.07. The lowest BCUT2D eigenvalue weighted by molar-refractivity contribution is 0.0887. The summed E-state index contributed by atoms with van der Waals surface area (Å²) in [5.41, 5.74) is 0. The van der Waals surface area contributed by atoms with Crippen LogP contribution in [-0.4, -0.2) is 23.9 Å². The molecular weight excluding hydrogens is 528 g/mol. The van der Waals surface area contributed by atoms with Gasteiger partial charge >= 0.3 is 0 Å². The fourth-order valence-corrected chi connectivity index (χ4v) is 5.56. The summed E-state index contributed by atoms with van der Waals surface area (Å²) in [6.45, 7) is 0. The maximum atomic E-state index is 12.3. The van der Waals surface area contributed by atoms with Crippen molar-refractivity contribution in [1.29, 1.82) is 0 Å². The normalized spacial score (nSPS) is 26.4. The second-order valence-electron chi connectivity index (χ2n) is 8.83. The molecule has 2 aromatic heterocycles. The molecule has 0 spiro atoms. The maximum Gasteiger partial charge on any atom is 0.287 e. The van der Waals surface area contributed by atoms with E-state index in [1.807, 2.05) is 0 Å². The summed E-state index contributed by atoms with van der Waals surface area (Å²) in [5.74, 6) is 1.94. The van der Waals surface area contributed by atoms with Gasteiger partial charge in [0.05, 0.1) is 0 Å². The summed E-state index contributed by atoms with van der Waals surface area (Å²) in [7, 11) is 0. The highest BCUT2D eigenvalue weighted by Crippen LogP contribution is 2.35. The monoisotopic (exact) mass is 554 g/mol. The lowest BCUT2D eigenvalue weighted by Gasteiger charge is -2.34. The van der Waals surface area contributed by atoms with Crippen LogP contribution in [0.2, 0.25) is 0 Å². The van der Waals surface area contributed by atoms with Crippen molar-refractivity contribution in [3.63, 3.8) is 0 Å². The molecule has 2 fully saturated rings. The minimum absolute atomic E-state index is 0.128. The van der Waals surface area contributed by atoms with Crippen molar-refractivity contribution < 1.29 is 18.4 Å². The van der Waals surface area contributed by atoms with Crippen LogP contribution < -0.4 is 10.6 Å². The standard InChI is InChI=1S/C23H28Br2N2O4/c24-20-11-9-18(30-20)22(28)26-16-5-1-14(2-6-16)13-15-3-7-17(8-4-15)27-23(29)19-10-12-21(25)31-19/h9-12,14-17H,1-8,13H2,(H,26,28)(H,27,29). The highest BCUT2D eigenvalue weighted by atomic mass is 79.9. The Hall–Kier alpha value is -1.54. The average Bonchev–Trinajstić information content (AvgIpc) is 3.39. The van der Waals surface area contributed by atoms with Crippen molar-refractivity contribution in [2.75, 3.05) is 0 Å². The highest BCUT2D eigenvalue weighted by molar-refractivity contribution is 9.10. The molecule has 31 heavy (non-hydrogen) atoms. The fraction of sp³-hybridized carbons (Fsp3) is 0.565. The van der Waals surface area contributed by atoms with Gasteiger partial charge < -0.3 is 19.5 Å². The maximum absolute atomic E-state index is 12.3. The number of hydrogen-bond acceptors (Lipinski definition) is 4. The van der Waals surface area contributed by atoms with Crippen LogP contribution in [0.5, 0.6) is 0 Å². The van der Waals surface area contributed by atoms with Gasteiger partial charge in [-0.05, 0) is 126 Å². The molecule has 0 saturated heterocycles. The summed E-state index contributed by atoms with van der Waals surface area (Å²) in [6, 6.07) is 7.33. The van der Waals surface area contributed by atoms with Gasteiger partial charge in [0.25, 0.3) is 11.8 Å². The van der Waals surface area contributed by atoms with Crippen LogP contribution in [0.4, 0.5) is 0 Å². The van der Waals surface area contributed by atoms with Gasteiger partial charge in [-0.2, -0.15) is 0 Å². The van der Waals surface area contributed by atoms with E-state index < -0.39 is 0 Å². The number of carbonyl (C=O) groups is 2. The first kappa shape index (κ1) is 22.6. The Kier molecular flexibility index (Phi) is 7.59. The van der Waals surface area contributed by atoms with Crippen LogP contribution in [0.15, 0.2) is 42.4 Å². The molecule has 2 aliphatic carbocycles. The molecule has 0 unspecified atom stereocenters. The summed E-state index contributed by atoms with van der Waals surface area (Å²) >= 11 is 6.47. The Balaban J connectivity index is 1.14. The van der Waals surface area contributed by atoms with Gasteiger partial charge in [-0.25, -0.2) is 0 Å². The van der Waals surface area contributed by atoms with Crippen molar-refractivity contribution in [2.45, 2.75) is 69.9 Å². The molecule has 0 aliphatic heterocycles. The molecule has 8 heteroatoms. The molecule has 0 aromatic carbocycles. The van der Waals surface area contributed by atoms with Crippen LogP contribution in [0.25, 0.3) is 0 Å². The van der Waals surface area contributed by atoms with E-state index in [2.05, 4.69) is 42.5 Å². The van der Waals surface area contributed by atoms with Crippen molar-refractivity contribution >= 4 is 43.7 Å². The van der Waals surface area contributed by atoms with Gasteiger partial charge in [-0.3, -0.25) is 9.59 Å². The molecule has 6 nitrogen and oxygen atoms in total. The minimum Gasteiger partial charge on any atom is -0.444 e. The van der Waals surface area contributed by atoms with E-state index in [9.17, 15) is 9.59 Å². The third kappa shape index (κ3) is 6.25. The molecule has 2 heterocycles. The number of carbonyl (C=O) groups excluding carboxylic acids is 2. The quantitative estimate of drug-likeness (QED) is 0.453. The number of nitrogens with one attached hydrogen (secondary N) is 2. The van der Waals surface area contributed by atoms with E-state index >= 15 is 0 Å². The zero-order chi connectivity index (χ0) is 21.8. The van der Waals surface area contributed by atoms with Crippen molar-refractivity contribution in [3.05, 3.63) is 45.1 Å². The van der Waals surface area contributed by atoms with Crippen molar-refractivity contribution in [1.82, 2.24) is 10.6 Å². The molecular formula is C23H28Br2N2O4. The molecule has 2 N–H and O–H groups in total. The molecule has 2 saturated carbocycles. The van der Waals surface area contributed by atoms with E-state index in [-0.39, 0.29) is 23.9 Å². The Morgan fingerprint density at radius 3 is 1.42 bits per heavy atom. The smallest absolute Gasteiger partial charge is 0.287 e. The van der Waals surface area contributed by atoms with E-state index in [1.54, 1.807) is 24.3 Å². The van der Waals surface area contributed by atoms with Crippen molar-refractivity contribution in [3.8, 4) is 0 Å². The topological polar surface area (TPSA) is 84.5 Å². The molecule has 0 atom stereocenters. The summed E-state index contributed by atoms with van der Waals surface area (Å²) in [6.07, 6.45) is 10.0. The minimum atomic E-state index is -0.128. The Morgan fingerprint density at radius 1 is 0.710 bits per heavy atom. The van der Waals surface area contributed by atoms with Crippen LogP contribution >= 0.6 is 31.9 Å². The first-order valence-electron chi connectivity index (χ1n) is 11.1. The number of furan rings is 2. The zero-order valence-electron chi connectivity index (χ0n) is 17.4. The van der Waals surface area contributed by atoms with Crippen molar-refractivity contribution in [2.24, 2.45) is 11.8 Å². The molecule has 2 aliphatic rings. The summed E-state index contributed by atoms with van der Waals surface area (Å²) < 4.78 is 11.8. The first-order valence-corrected chi connectivity index (χ1v) is 12.7.